The van der Waals surface area contributed by atoms with Crippen LogP contribution in [0.1, 0.15) is 22.3 Å². The van der Waals surface area contributed by atoms with Gasteiger partial charge in [0, 0.05) is 12.1 Å². The first-order valence-corrected chi connectivity index (χ1v) is 8.35. The zero-order valence-corrected chi connectivity index (χ0v) is 14.6. The van der Waals surface area contributed by atoms with Crippen LogP contribution in [0.15, 0.2) is 53.6 Å². The first-order chi connectivity index (χ1) is 13.0. The zero-order valence-electron chi connectivity index (χ0n) is 14.6. The highest BCUT2D eigenvalue weighted by Crippen LogP contribution is 2.11. The minimum absolute atomic E-state index is 0.0738. The molecule has 0 aliphatic carbocycles. The molecule has 7 heteroatoms. The quantitative estimate of drug-likeness (QED) is 0.494. The Hall–Kier alpha value is -3.35. The van der Waals surface area contributed by atoms with E-state index < -0.39 is 24.2 Å². The number of hydrogen-bond acceptors (Lipinski definition) is 5. The molecule has 0 spiro atoms. The summed E-state index contributed by atoms with van der Waals surface area (Å²) in [5.74, 6) is -1.49. The lowest BCUT2D eigenvalue weighted by molar-refractivity contribution is -0.142. The van der Waals surface area contributed by atoms with E-state index in [1.807, 2.05) is 13.0 Å². The average molecular weight is 368 g/mol. The Morgan fingerprint density at radius 3 is 2.63 bits per heavy atom. The van der Waals surface area contributed by atoms with Gasteiger partial charge < -0.3 is 4.74 Å². The Balaban J connectivity index is 1.58. The number of aryl methyl sites for hydroxylation is 2. The van der Waals surface area contributed by atoms with Gasteiger partial charge in [-0.25, -0.2) is 9.37 Å². The van der Waals surface area contributed by atoms with Crippen LogP contribution in [-0.2, 0) is 16.1 Å². The molecule has 0 unspecified atom stereocenters. The second-order valence-electron chi connectivity index (χ2n) is 6.05. The zero-order chi connectivity index (χ0) is 19.4. The SMILES string of the molecule is Cc1cccc2c(=O)n(CCC(=O)OCC(=O)c3ccc(F)cc3)cnc12. The van der Waals surface area contributed by atoms with E-state index >= 15 is 0 Å². The second-order valence-corrected chi connectivity index (χ2v) is 6.05. The highest BCUT2D eigenvalue weighted by atomic mass is 19.1. The van der Waals surface area contributed by atoms with Crippen molar-refractivity contribution < 1.29 is 18.7 Å². The molecule has 0 radical (unpaired) electrons. The Kier molecular flexibility index (Phi) is 5.40. The number of carbonyl (C=O) groups is 2. The lowest BCUT2D eigenvalue weighted by Gasteiger charge is -2.08. The Labute approximate surface area is 154 Å². The lowest BCUT2D eigenvalue weighted by atomic mass is 10.1. The van der Waals surface area contributed by atoms with Crippen LogP contribution < -0.4 is 5.56 Å². The molecule has 27 heavy (non-hydrogen) atoms. The van der Waals surface area contributed by atoms with Crippen molar-refractivity contribution in [2.75, 3.05) is 6.61 Å². The third-order valence-corrected chi connectivity index (χ3v) is 4.14. The molecule has 0 amide bonds. The van der Waals surface area contributed by atoms with Crippen LogP contribution in [0.25, 0.3) is 10.9 Å². The molecule has 3 rings (SSSR count). The highest BCUT2D eigenvalue weighted by molar-refractivity contribution is 5.97. The maximum atomic E-state index is 12.8. The van der Waals surface area contributed by atoms with Crippen LogP contribution in [0.4, 0.5) is 4.39 Å². The van der Waals surface area contributed by atoms with Crippen molar-refractivity contribution in [2.45, 2.75) is 19.9 Å². The molecule has 0 saturated heterocycles. The van der Waals surface area contributed by atoms with Crippen molar-refractivity contribution >= 4 is 22.7 Å². The Morgan fingerprint density at radius 1 is 1.15 bits per heavy atom. The molecular weight excluding hydrogens is 351 g/mol. The topological polar surface area (TPSA) is 78.3 Å². The average Bonchev–Trinajstić information content (AvgIpc) is 2.66. The molecule has 0 saturated carbocycles. The van der Waals surface area contributed by atoms with Gasteiger partial charge in [0.15, 0.2) is 12.4 Å². The normalized spacial score (nSPS) is 10.7. The van der Waals surface area contributed by atoms with Crippen molar-refractivity contribution in [3.63, 3.8) is 0 Å². The maximum absolute atomic E-state index is 12.8. The summed E-state index contributed by atoms with van der Waals surface area (Å²) in [7, 11) is 0. The largest absolute Gasteiger partial charge is 0.457 e. The van der Waals surface area contributed by atoms with Crippen LogP contribution >= 0.6 is 0 Å². The van der Waals surface area contributed by atoms with E-state index in [0.717, 1.165) is 17.7 Å². The number of benzene rings is 2. The van der Waals surface area contributed by atoms with Gasteiger partial charge in [-0.3, -0.25) is 19.0 Å². The number of para-hydroxylation sites is 1. The monoisotopic (exact) mass is 368 g/mol. The van der Waals surface area contributed by atoms with Gasteiger partial charge in [0.05, 0.1) is 23.7 Å². The summed E-state index contributed by atoms with van der Waals surface area (Å²) in [6.45, 7) is 1.53. The minimum atomic E-state index is -0.610. The van der Waals surface area contributed by atoms with E-state index in [1.165, 1.54) is 23.0 Å². The smallest absolute Gasteiger partial charge is 0.308 e. The van der Waals surface area contributed by atoms with Crippen LogP contribution in [0, 0.1) is 12.7 Å². The summed E-state index contributed by atoms with van der Waals surface area (Å²) in [5.41, 5.74) is 1.55. The fraction of sp³-hybridized carbons (Fsp3) is 0.200. The number of halogens is 1. The van der Waals surface area contributed by atoms with E-state index in [1.54, 1.807) is 12.1 Å². The molecule has 1 heterocycles. The van der Waals surface area contributed by atoms with E-state index in [0.29, 0.717) is 10.9 Å². The predicted molar refractivity (Wildman–Crippen MR) is 97.0 cm³/mol. The fourth-order valence-electron chi connectivity index (χ4n) is 2.65. The van der Waals surface area contributed by atoms with Gasteiger partial charge in [-0.05, 0) is 42.8 Å². The van der Waals surface area contributed by atoms with Crippen molar-refractivity contribution in [1.82, 2.24) is 9.55 Å². The van der Waals surface area contributed by atoms with Crippen LogP contribution in [0.2, 0.25) is 0 Å². The molecule has 0 bridgehead atoms. The van der Waals surface area contributed by atoms with E-state index in [9.17, 15) is 18.8 Å². The lowest BCUT2D eigenvalue weighted by Crippen LogP contribution is -2.23. The molecule has 0 atom stereocenters. The fourth-order valence-corrected chi connectivity index (χ4v) is 2.65. The molecular formula is C20H17FN2O4. The molecule has 0 aliphatic heterocycles. The summed E-state index contributed by atoms with van der Waals surface area (Å²) in [6.07, 6.45) is 1.32. The van der Waals surface area contributed by atoms with Crippen LogP contribution in [-0.4, -0.2) is 27.9 Å². The summed E-state index contributed by atoms with van der Waals surface area (Å²) in [6, 6.07) is 10.3. The molecule has 3 aromatic rings. The van der Waals surface area contributed by atoms with E-state index in [2.05, 4.69) is 4.98 Å². The number of Topliss-reactive ketones (excluding diaryl/α,β-unsaturated/α-hetero) is 1. The maximum Gasteiger partial charge on any atom is 0.308 e. The molecule has 1 aromatic heterocycles. The standard InChI is InChI=1S/C20H17FN2O4/c1-13-3-2-4-16-19(13)22-12-23(20(16)26)10-9-18(25)27-11-17(24)14-5-7-15(21)8-6-14/h2-8,12H,9-11H2,1H3. The van der Waals surface area contributed by atoms with Gasteiger partial charge in [-0.2, -0.15) is 0 Å². The first-order valence-electron chi connectivity index (χ1n) is 8.35. The van der Waals surface area contributed by atoms with Gasteiger partial charge in [-0.1, -0.05) is 12.1 Å². The number of hydrogen-bond donors (Lipinski definition) is 0. The molecule has 0 N–H and O–H groups in total. The third-order valence-electron chi connectivity index (χ3n) is 4.14. The van der Waals surface area contributed by atoms with Crippen molar-refractivity contribution in [3.05, 3.63) is 76.1 Å². The molecule has 0 fully saturated rings. The van der Waals surface area contributed by atoms with E-state index in [4.69, 9.17) is 4.74 Å². The number of nitrogens with zero attached hydrogens (tertiary/aromatic N) is 2. The van der Waals surface area contributed by atoms with Crippen molar-refractivity contribution in [1.29, 1.82) is 0 Å². The first kappa shape index (κ1) is 18.4. The molecule has 0 aliphatic rings. The number of rotatable bonds is 6. The summed E-state index contributed by atoms with van der Waals surface area (Å²) in [4.78, 5) is 40.5. The summed E-state index contributed by atoms with van der Waals surface area (Å²) < 4.78 is 19.1. The minimum Gasteiger partial charge on any atom is -0.457 e. The number of aromatic nitrogens is 2. The molecule has 2 aromatic carbocycles. The molecule has 138 valence electrons. The van der Waals surface area contributed by atoms with Gasteiger partial charge in [0.25, 0.3) is 5.56 Å². The number of carbonyl (C=O) groups excluding carboxylic acids is 2. The summed E-state index contributed by atoms with van der Waals surface area (Å²) >= 11 is 0. The molecule has 6 nitrogen and oxygen atoms in total. The predicted octanol–water partition coefficient (Wildman–Crippen LogP) is 2.66. The Bertz CT molecular complexity index is 1060. The van der Waals surface area contributed by atoms with E-state index in [-0.39, 0.29) is 24.1 Å². The van der Waals surface area contributed by atoms with Gasteiger partial charge in [0.1, 0.15) is 5.82 Å². The van der Waals surface area contributed by atoms with Gasteiger partial charge >= 0.3 is 5.97 Å². The summed E-state index contributed by atoms with van der Waals surface area (Å²) in [5, 5.41) is 0.484. The number of ether oxygens (including phenoxy) is 1. The highest BCUT2D eigenvalue weighted by Gasteiger charge is 2.12. The van der Waals surface area contributed by atoms with Crippen LogP contribution in [0.5, 0.6) is 0 Å². The number of ketones is 1. The van der Waals surface area contributed by atoms with Crippen molar-refractivity contribution in [2.24, 2.45) is 0 Å². The van der Waals surface area contributed by atoms with Crippen molar-refractivity contribution in [3.8, 4) is 0 Å². The second kappa shape index (κ2) is 7.90. The van der Waals surface area contributed by atoms with Gasteiger partial charge in [-0.15, -0.1) is 0 Å². The Morgan fingerprint density at radius 2 is 1.89 bits per heavy atom. The number of esters is 1. The van der Waals surface area contributed by atoms with Gasteiger partial charge in [0.2, 0.25) is 0 Å². The number of fused-ring (bicyclic) bond motifs is 1. The van der Waals surface area contributed by atoms with Crippen LogP contribution in [0.3, 0.4) is 0 Å². The third kappa shape index (κ3) is 4.25.